The van der Waals surface area contributed by atoms with Gasteiger partial charge in [0.1, 0.15) is 5.75 Å². The summed E-state index contributed by atoms with van der Waals surface area (Å²) in [7, 11) is 2.87. The van der Waals surface area contributed by atoms with Crippen LogP contribution in [0.5, 0.6) is 5.75 Å². The zero-order valence-electron chi connectivity index (χ0n) is 17.1. The number of hydrogen-bond acceptors (Lipinski definition) is 3. The molecule has 1 heterocycles. The van der Waals surface area contributed by atoms with Gasteiger partial charge in [-0.05, 0) is 37.4 Å². The SMILES string of the molecule is COC[C@H]1CCCN1c1c(OC)cccc1P(c1ccccc1)c1ccccc1. The molecule has 1 fully saturated rings. The second-order valence-electron chi connectivity index (χ2n) is 7.28. The van der Waals surface area contributed by atoms with Gasteiger partial charge < -0.3 is 14.4 Å². The molecular formula is C25H28NO2P. The standard InChI is InChI=1S/C25H28NO2P/c1-27-19-20-11-10-18-26(20)25-23(28-2)16-9-17-24(25)29(21-12-5-3-6-13-21)22-14-7-4-8-15-22/h3-9,12-17,20H,10-11,18-19H2,1-2H3/t20-/m1/s1. The minimum absolute atomic E-state index is 0.387. The summed E-state index contributed by atoms with van der Waals surface area (Å²) < 4.78 is 11.4. The first-order valence-corrected chi connectivity index (χ1v) is 11.5. The highest BCUT2D eigenvalue weighted by Gasteiger charge is 2.31. The average Bonchev–Trinajstić information content (AvgIpc) is 3.23. The normalized spacial score (nSPS) is 16.4. The van der Waals surface area contributed by atoms with Gasteiger partial charge in [0.25, 0.3) is 0 Å². The van der Waals surface area contributed by atoms with E-state index < -0.39 is 7.92 Å². The van der Waals surface area contributed by atoms with E-state index in [1.807, 2.05) is 0 Å². The zero-order valence-corrected chi connectivity index (χ0v) is 18.0. The molecule has 4 rings (SSSR count). The van der Waals surface area contributed by atoms with E-state index in [1.54, 1.807) is 14.2 Å². The lowest BCUT2D eigenvalue weighted by molar-refractivity contribution is 0.180. The topological polar surface area (TPSA) is 21.7 Å². The molecule has 0 radical (unpaired) electrons. The van der Waals surface area contributed by atoms with Gasteiger partial charge in [-0.15, -0.1) is 0 Å². The van der Waals surface area contributed by atoms with E-state index in [0.717, 1.165) is 25.3 Å². The predicted molar refractivity (Wildman–Crippen MR) is 124 cm³/mol. The summed E-state index contributed by atoms with van der Waals surface area (Å²) in [5, 5.41) is 4.05. The second kappa shape index (κ2) is 9.43. The van der Waals surface area contributed by atoms with Crippen LogP contribution in [0.3, 0.4) is 0 Å². The van der Waals surface area contributed by atoms with Crippen LogP contribution >= 0.6 is 7.92 Å². The van der Waals surface area contributed by atoms with Crippen LogP contribution in [0.2, 0.25) is 0 Å². The molecule has 0 unspecified atom stereocenters. The smallest absolute Gasteiger partial charge is 0.142 e. The fourth-order valence-electron chi connectivity index (χ4n) is 4.22. The summed E-state index contributed by atoms with van der Waals surface area (Å²) in [6.07, 6.45) is 2.33. The van der Waals surface area contributed by atoms with Crippen molar-refractivity contribution >= 4 is 29.5 Å². The van der Waals surface area contributed by atoms with Crippen molar-refractivity contribution in [1.29, 1.82) is 0 Å². The summed E-state index contributed by atoms with van der Waals surface area (Å²) >= 11 is 0. The molecule has 3 aromatic carbocycles. The Bertz CT molecular complexity index is 877. The average molecular weight is 405 g/mol. The third-order valence-corrected chi connectivity index (χ3v) is 7.96. The number of para-hydroxylation sites is 1. The maximum absolute atomic E-state index is 5.87. The lowest BCUT2D eigenvalue weighted by Gasteiger charge is -2.32. The van der Waals surface area contributed by atoms with Crippen molar-refractivity contribution in [3.8, 4) is 5.75 Å². The van der Waals surface area contributed by atoms with Gasteiger partial charge in [0, 0.05) is 19.0 Å². The number of anilines is 1. The number of benzene rings is 3. The number of hydrogen-bond donors (Lipinski definition) is 0. The highest BCUT2D eigenvalue weighted by atomic mass is 31.1. The number of methoxy groups -OCH3 is 2. The van der Waals surface area contributed by atoms with Crippen LogP contribution in [-0.4, -0.2) is 33.4 Å². The van der Waals surface area contributed by atoms with Crippen molar-refractivity contribution < 1.29 is 9.47 Å². The first-order valence-electron chi connectivity index (χ1n) is 10.2. The molecule has 1 saturated heterocycles. The van der Waals surface area contributed by atoms with Gasteiger partial charge >= 0.3 is 0 Å². The Kier molecular flexibility index (Phi) is 6.49. The van der Waals surface area contributed by atoms with E-state index in [1.165, 1.54) is 28.0 Å². The van der Waals surface area contributed by atoms with Gasteiger partial charge in [-0.2, -0.15) is 0 Å². The van der Waals surface area contributed by atoms with Crippen molar-refractivity contribution in [3.05, 3.63) is 78.9 Å². The van der Waals surface area contributed by atoms with Gasteiger partial charge in [-0.25, -0.2) is 0 Å². The van der Waals surface area contributed by atoms with E-state index in [0.29, 0.717) is 6.04 Å². The molecule has 29 heavy (non-hydrogen) atoms. The third kappa shape index (κ3) is 4.17. The lowest BCUT2D eigenvalue weighted by Crippen LogP contribution is -2.37. The van der Waals surface area contributed by atoms with Gasteiger partial charge in [0.2, 0.25) is 0 Å². The van der Waals surface area contributed by atoms with Crippen LogP contribution in [-0.2, 0) is 4.74 Å². The van der Waals surface area contributed by atoms with Gasteiger partial charge in [-0.1, -0.05) is 72.8 Å². The Morgan fingerprint density at radius 2 is 1.52 bits per heavy atom. The molecule has 4 heteroatoms. The van der Waals surface area contributed by atoms with Gasteiger partial charge in [-0.3, -0.25) is 0 Å². The van der Waals surface area contributed by atoms with E-state index in [-0.39, 0.29) is 0 Å². The molecule has 0 spiro atoms. The fraction of sp³-hybridized carbons (Fsp3) is 0.280. The number of ether oxygens (including phenoxy) is 2. The summed E-state index contributed by atoms with van der Waals surface area (Å²) in [6, 6.07) is 28.6. The molecule has 3 aromatic rings. The fourth-order valence-corrected chi connectivity index (χ4v) is 6.70. The van der Waals surface area contributed by atoms with Gasteiger partial charge in [0.05, 0.1) is 25.4 Å². The van der Waals surface area contributed by atoms with Gasteiger partial charge in [0.15, 0.2) is 0 Å². The van der Waals surface area contributed by atoms with E-state index in [4.69, 9.17) is 9.47 Å². The van der Waals surface area contributed by atoms with Crippen LogP contribution < -0.4 is 25.6 Å². The molecule has 3 nitrogen and oxygen atoms in total. The Labute approximate surface area is 175 Å². The van der Waals surface area contributed by atoms with Crippen LogP contribution in [0.15, 0.2) is 78.9 Å². The van der Waals surface area contributed by atoms with E-state index >= 15 is 0 Å². The molecule has 0 bridgehead atoms. The van der Waals surface area contributed by atoms with Crippen molar-refractivity contribution in [1.82, 2.24) is 0 Å². The minimum Gasteiger partial charge on any atom is -0.495 e. The van der Waals surface area contributed by atoms with Crippen LogP contribution in [0.1, 0.15) is 12.8 Å². The molecule has 150 valence electrons. The summed E-state index contributed by atoms with van der Waals surface area (Å²) in [5.41, 5.74) is 1.23. The van der Waals surface area contributed by atoms with Crippen LogP contribution in [0.4, 0.5) is 5.69 Å². The highest BCUT2D eigenvalue weighted by Crippen LogP contribution is 2.42. The summed E-state index contributed by atoms with van der Waals surface area (Å²) in [4.78, 5) is 2.51. The highest BCUT2D eigenvalue weighted by molar-refractivity contribution is 7.80. The molecular weight excluding hydrogens is 377 g/mol. The second-order valence-corrected chi connectivity index (χ2v) is 9.46. The monoisotopic (exact) mass is 405 g/mol. The largest absolute Gasteiger partial charge is 0.495 e. The first-order chi connectivity index (χ1) is 14.3. The molecule has 0 N–H and O–H groups in total. The minimum atomic E-state index is -0.696. The molecule has 1 aliphatic heterocycles. The molecule has 1 atom stereocenters. The van der Waals surface area contributed by atoms with Crippen molar-refractivity contribution in [3.63, 3.8) is 0 Å². The lowest BCUT2D eigenvalue weighted by atomic mass is 10.2. The van der Waals surface area contributed by atoms with E-state index in [9.17, 15) is 0 Å². The molecule has 1 aliphatic rings. The van der Waals surface area contributed by atoms with Crippen molar-refractivity contribution in [2.75, 3.05) is 32.3 Å². The van der Waals surface area contributed by atoms with Crippen LogP contribution in [0.25, 0.3) is 0 Å². The predicted octanol–water partition coefficient (Wildman–Crippen LogP) is 4.07. The molecule has 0 aromatic heterocycles. The molecule has 0 aliphatic carbocycles. The zero-order chi connectivity index (χ0) is 20.1. The maximum Gasteiger partial charge on any atom is 0.142 e. The van der Waals surface area contributed by atoms with Crippen LogP contribution in [0, 0.1) is 0 Å². The quantitative estimate of drug-likeness (QED) is 0.553. The molecule has 0 saturated carbocycles. The third-order valence-electron chi connectivity index (χ3n) is 5.49. The van der Waals surface area contributed by atoms with E-state index in [2.05, 4.69) is 83.8 Å². The Hall–Kier alpha value is -2.35. The first kappa shape index (κ1) is 19.9. The van der Waals surface area contributed by atoms with Crippen molar-refractivity contribution in [2.45, 2.75) is 18.9 Å². The Balaban J connectivity index is 1.90. The number of nitrogens with zero attached hydrogens (tertiary/aromatic N) is 1. The number of rotatable bonds is 7. The Morgan fingerprint density at radius 3 is 2.10 bits per heavy atom. The summed E-state index contributed by atoms with van der Waals surface area (Å²) in [5.74, 6) is 0.949. The maximum atomic E-state index is 5.87. The van der Waals surface area contributed by atoms with Crippen molar-refractivity contribution in [2.24, 2.45) is 0 Å². The molecule has 0 amide bonds. The Morgan fingerprint density at radius 1 is 0.862 bits per heavy atom. The summed E-state index contributed by atoms with van der Waals surface area (Å²) in [6.45, 7) is 1.78.